The van der Waals surface area contributed by atoms with Crippen LogP contribution in [-0.2, 0) is 5.41 Å². The van der Waals surface area contributed by atoms with E-state index in [1.807, 2.05) is 30.0 Å². The first-order valence-corrected chi connectivity index (χ1v) is 15.5. The maximum atomic E-state index is 14.0. The number of pyridine rings is 2. The number of carbonyl (C=O) groups excluding carboxylic acids is 1. The minimum Gasteiger partial charge on any atom is -0.449 e. The van der Waals surface area contributed by atoms with Crippen LogP contribution in [0.3, 0.4) is 0 Å². The van der Waals surface area contributed by atoms with Crippen molar-refractivity contribution < 1.29 is 9.21 Å². The summed E-state index contributed by atoms with van der Waals surface area (Å²) in [6.07, 6.45) is 4.69. The van der Waals surface area contributed by atoms with E-state index in [1.165, 1.54) is 12.8 Å². The Balaban J connectivity index is 1.26. The zero-order valence-corrected chi connectivity index (χ0v) is 26.8. The van der Waals surface area contributed by atoms with Gasteiger partial charge in [-0.15, -0.1) is 5.10 Å². The summed E-state index contributed by atoms with van der Waals surface area (Å²) in [4.78, 5) is 28.2. The SMILES string of the molecule is Cc1ccc(N2CCN(C(=O)c3cc4nc(C5CCC(C)(C)CC5)cc(C(C)(C)C)c4o3)C(C)(C)C2)nc1-c1nnn[nH]1. The number of amides is 1. The van der Waals surface area contributed by atoms with Crippen LogP contribution in [-0.4, -0.2) is 66.6 Å². The van der Waals surface area contributed by atoms with Crippen LogP contribution < -0.4 is 4.90 Å². The van der Waals surface area contributed by atoms with Crippen LogP contribution in [0.25, 0.3) is 22.6 Å². The number of rotatable bonds is 4. The normalized spacial score (nSPS) is 19.3. The molecule has 228 valence electrons. The zero-order valence-electron chi connectivity index (χ0n) is 26.8. The quantitative estimate of drug-likeness (QED) is 0.292. The second-order valence-electron chi connectivity index (χ2n) is 14.9. The standard InChI is InChI=1S/C33H44N8O2/c1-20-9-10-26(35-27(20)29-36-38-39-37-29)40-15-16-41(33(7,8)19-40)30(42)25-18-24-28(43-25)22(31(2,3)4)17-23(34-24)21-11-13-32(5,6)14-12-21/h9-10,17-18,21H,11-16,19H2,1-8H3,(H,36,37,38,39). The molecule has 4 aromatic rings. The van der Waals surface area contributed by atoms with Crippen molar-refractivity contribution in [1.82, 2.24) is 35.5 Å². The Morgan fingerprint density at radius 3 is 2.44 bits per heavy atom. The van der Waals surface area contributed by atoms with E-state index >= 15 is 0 Å². The highest BCUT2D eigenvalue weighted by atomic mass is 16.3. The molecule has 4 aromatic heterocycles. The fourth-order valence-corrected chi connectivity index (χ4v) is 6.66. The molecule has 1 saturated heterocycles. The Kier molecular flexibility index (Phi) is 7.09. The number of furan rings is 1. The van der Waals surface area contributed by atoms with E-state index in [0.717, 1.165) is 52.3 Å². The van der Waals surface area contributed by atoms with Crippen LogP contribution in [0, 0.1) is 12.3 Å². The van der Waals surface area contributed by atoms with Gasteiger partial charge in [-0.3, -0.25) is 4.79 Å². The molecule has 1 N–H and O–H groups in total. The Labute approximate surface area is 253 Å². The lowest BCUT2D eigenvalue weighted by molar-refractivity contribution is 0.0483. The topological polar surface area (TPSA) is 117 Å². The second-order valence-corrected chi connectivity index (χ2v) is 14.9. The molecule has 1 amide bonds. The maximum absolute atomic E-state index is 14.0. The lowest BCUT2D eigenvalue weighted by Crippen LogP contribution is -2.61. The van der Waals surface area contributed by atoms with Crippen LogP contribution in [0.5, 0.6) is 0 Å². The van der Waals surface area contributed by atoms with Gasteiger partial charge in [0.25, 0.3) is 5.91 Å². The van der Waals surface area contributed by atoms with E-state index < -0.39 is 5.54 Å². The van der Waals surface area contributed by atoms with Gasteiger partial charge in [-0.2, -0.15) is 0 Å². The van der Waals surface area contributed by atoms with Gasteiger partial charge in [-0.25, -0.2) is 15.1 Å². The van der Waals surface area contributed by atoms with Crippen LogP contribution in [0.1, 0.15) is 107 Å². The molecule has 6 rings (SSSR count). The van der Waals surface area contributed by atoms with Gasteiger partial charge in [-0.05, 0) is 85.4 Å². The summed E-state index contributed by atoms with van der Waals surface area (Å²) in [5.41, 5.74) is 5.25. The van der Waals surface area contributed by atoms with Gasteiger partial charge in [0, 0.05) is 42.9 Å². The number of tetrazole rings is 1. The predicted octanol–water partition coefficient (Wildman–Crippen LogP) is 6.43. The average Bonchev–Trinajstić information content (AvgIpc) is 3.62. The van der Waals surface area contributed by atoms with Crippen molar-refractivity contribution in [1.29, 1.82) is 0 Å². The molecular weight excluding hydrogens is 540 g/mol. The minimum atomic E-state index is -0.463. The molecule has 10 heteroatoms. The van der Waals surface area contributed by atoms with E-state index in [0.29, 0.717) is 42.6 Å². The van der Waals surface area contributed by atoms with Crippen LogP contribution in [0.4, 0.5) is 5.82 Å². The lowest BCUT2D eigenvalue weighted by Gasteiger charge is -2.47. The molecule has 0 unspecified atom stereocenters. The number of aromatic amines is 1. The van der Waals surface area contributed by atoms with E-state index in [1.54, 1.807) is 0 Å². The zero-order chi connectivity index (χ0) is 30.7. The smallest absolute Gasteiger partial charge is 0.290 e. The minimum absolute atomic E-state index is 0.103. The first kappa shape index (κ1) is 29.3. The first-order valence-electron chi connectivity index (χ1n) is 15.5. The summed E-state index contributed by atoms with van der Waals surface area (Å²) in [6.45, 7) is 19.3. The molecule has 0 atom stereocenters. The Morgan fingerprint density at radius 2 is 1.79 bits per heavy atom. The van der Waals surface area contributed by atoms with Crippen molar-refractivity contribution in [3.63, 3.8) is 0 Å². The van der Waals surface area contributed by atoms with E-state index in [2.05, 4.69) is 80.1 Å². The number of piperazine rings is 1. The van der Waals surface area contributed by atoms with Crippen molar-refractivity contribution in [3.05, 3.63) is 46.8 Å². The molecule has 1 saturated carbocycles. The molecule has 2 aliphatic rings. The van der Waals surface area contributed by atoms with Gasteiger partial charge in [0.2, 0.25) is 0 Å². The van der Waals surface area contributed by atoms with E-state index in [9.17, 15) is 4.79 Å². The predicted molar refractivity (Wildman–Crippen MR) is 167 cm³/mol. The number of fused-ring (bicyclic) bond motifs is 1. The Morgan fingerprint density at radius 1 is 1.05 bits per heavy atom. The molecule has 1 aliphatic carbocycles. The monoisotopic (exact) mass is 584 g/mol. The number of nitrogens with one attached hydrogen (secondary N) is 1. The van der Waals surface area contributed by atoms with Gasteiger partial charge in [0.05, 0.1) is 5.54 Å². The average molecular weight is 585 g/mol. The second kappa shape index (κ2) is 10.4. The van der Waals surface area contributed by atoms with Crippen molar-refractivity contribution in [3.8, 4) is 11.5 Å². The summed E-state index contributed by atoms with van der Waals surface area (Å²) in [5, 5.41) is 14.2. The number of aryl methyl sites for hydroxylation is 1. The highest BCUT2D eigenvalue weighted by Crippen LogP contribution is 2.43. The van der Waals surface area contributed by atoms with Crippen molar-refractivity contribution in [2.75, 3.05) is 24.5 Å². The maximum Gasteiger partial charge on any atom is 0.290 e. The Hall–Kier alpha value is -3.82. The highest BCUT2D eigenvalue weighted by Gasteiger charge is 2.39. The van der Waals surface area contributed by atoms with Gasteiger partial charge < -0.3 is 14.2 Å². The molecule has 0 bridgehead atoms. The van der Waals surface area contributed by atoms with Crippen molar-refractivity contribution in [2.24, 2.45) is 5.41 Å². The van der Waals surface area contributed by atoms with Gasteiger partial charge in [0.15, 0.2) is 17.2 Å². The molecule has 1 aliphatic heterocycles. The molecule has 0 aromatic carbocycles. The van der Waals surface area contributed by atoms with E-state index in [-0.39, 0.29) is 11.3 Å². The van der Waals surface area contributed by atoms with E-state index in [4.69, 9.17) is 14.4 Å². The third kappa shape index (κ3) is 5.63. The van der Waals surface area contributed by atoms with Gasteiger partial charge in [-0.1, -0.05) is 40.7 Å². The van der Waals surface area contributed by atoms with Crippen molar-refractivity contribution in [2.45, 2.75) is 97.9 Å². The summed E-state index contributed by atoms with van der Waals surface area (Å²) < 4.78 is 6.39. The number of hydrogen-bond donors (Lipinski definition) is 1. The van der Waals surface area contributed by atoms with Crippen LogP contribution in [0.2, 0.25) is 0 Å². The molecule has 0 radical (unpaired) electrons. The van der Waals surface area contributed by atoms with Crippen LogP contribution >= 0.6 is 0 Å². The number of anilines is 1. The summed E-state index contributed by atoms with van der Waals surface area (Å²) in [6, 6.07) is 8.15. The number of nitrogens with zero attached hydrogens (tertiary/aromatic N) is 7. The van der Waals surface area contributed by atoms with Gasteiger partial charge in [0.1, 0.15) is 17.0 Å². The lowest BCUT2D eigenvalue weighted by atomic mass is 9.72. The molecule has 10 nitrogen and oxygen atoms in total. The van der Waals surface area contributed by atoms with Gasteiger partial charge >= 0.3 is 0 Å². The fraction of sp³-hybridized carbons (Fsp3) is 0.576. The molecule has 2 fully saturated rings. The molecular formula is C33H44N8O2. The van der Waals surface area contributed by atoms with Crippen LogP contribution in [0.15, 0.2) is 28.7 Å². The number of carbonyl (C=O) groups is 1. The number of aromatic nitrogens is 6. The summed E-state index contributed by atoms with van der Waals surface area (Å²) in [7, 11) is 0. The largest absolute Gasteiger partial charge is 0.449 e. The highest BCUT2D eigenvalue weighted by molar-refractivity contribution is 5.96. The third-order valence-electron chi connectivity index (χ3n) is 9.40. The fourth-order valence-electron chi connectivity index (χ4n) is 6.66. The summed E-state index contributed by atoms with van der Waals surface area (Å²) in [5.74, 6) is 2.06. The summed E-state index contributed by atoms with van der Waals surface area (Å²) >= 11 is 0. The number of hydrogen-bond acceptors (Lipinski definition) is 8. The number of H-pyrrole nitrogens is 1. The first-order chi connectivity index (χ1) is 20.2. The Bertz CT molecular complexity index is 1640. The molecule has 0 spiro atoms. The third-order valence-corrected chi connectivity index (χ3v) is 9.40. The molecule has 43 heavy (non-hydrogen) atoms. The molecule has 5 heterocycles. The van der Waals surface area contributed by atoms with Crippen molar-refractivity contribution >= 4 is 22.8 Å².